The number of nitrogens with one attached hydrogen (secondary N) is 1. The Morgan fingerprint density at radius 2 is 1.55 bits per heavy atom. The minimum atomic E-state index is 0.0442. The summed E-state index contributed by atoms with van der Waals surface area (Å²) in [7, 11) is 4.09. The van der Waals surface area contributed by atoms with Crippen LogP contribution in [0.25, 0.3) is 0 Å². The van der Waals surface area contributed by atoms with E-state index in [0.29, 0.717) is 32.6 Å². The molecule has 0 unspecified atom stereocenters. The van der Waals surface area contributed by atoms with Crippen LogP contribution >= 0.6 is 0 Å². The van der Waals surface area contributed by atoms with Crippen LogP contribution in [-0.4, -0.2) is 115 Å². The predicted octanol–water partition coefficient (Wildman–Crippen LogP) is 1.06. The number of allylic oxidation sites excluding steroid dienone is 3. The van der Waals surface area contributed by atoms with E-state index in [1.54, 1.807) is 6.20 Å². The average Bonchev–Trinajstić information content (AvgIpc) is 3.00. The Hall–Kier alpha value is -3.07. The third-order valence-corrected chi connectivity index (χ3v) is 6.60. The molecule has 4 aliphatic rings. The molecule has 1 aliphatic carbocycles. The fourth-order valence-electron chi connectivity index (χ4n) is 4.38. The van der Waals surface area contributed by atoms with E-state index < -0.39 is 0 Å². The summed E-state index contributed by atoms with van der Waals surface area (Å²) in [5.41, 5.74) is 2.73. The molecular weight excluding hydrogens is 418 g/mol. The number of piperazine rings is 2. The molecule has 178 valence electrons. The quantitative estimate of drug-likeness (QED) is 0.677. The molecule has 0 atom stereocenters. The van der Waals surface area contributed by atoms with E-state index in [1.165, 1.54) is 0 Å². The van der Waals surface area contributed by atoms with Crippen LogP contribution in [0.2, 0.25) is 0 Å². The van der Waals surface area contributed by atoms with E-state index in [4.69, 9.17) is 0 Å². The van der Waals surface area contributed by atoms with Crippen LogP contribution in [0.1, 0.15) is 13.3 Å². The third-order valence-electron chi connectivity index (χ3n) is 6.60. The molecule has 3 aliphatic heterocycles. The molecule has 0 aromatic heterocycles. The van der Waals surface area contributed by atoms with Crippen molar-refractivity contribution in [1.29, 1.82) is 0 Å². The van der Waals surface area contributed by atoms with Crippen LogP contribution in [0, 0.1) is 0 Å². The zero-order valence-corrected chi connectivity index (χ0v) is 20.0. The molecule has 0 spiro atoms. The second-order valence-corrected chi connectivity index (χ2v) is 9.16. The maximum atomic E-state index is 13.3. The SMILES string of the molecule is CC1=C(C(=O)N2CCN(C(=O)N3CCN(C)CC3)CC2)C=CC(NC2=NC=CN(C)C2)=CC1. The number of hydrogen-bond acceptors (Lipinski definition) is 6. The highest BCUT2D eigenvalue weighted by molar-refractivity contribution is 5.97. The summed E-state index contributed by atoms with van der Waals surface area (Å²) in [6.07, 6.45) is 10.4. The lowest BCUT2D eigenvalue weighted by Crippen LogP contribution is -2.57. The van der Waals surface area contributed by atoms with E-state index in [9.17, 15) is 9.59 Å². The lowest BCUT2D eigenvalue weighted by Gasteiger charge is -2.40. The molecule has 33 heavy (non-hydrogen) atoms. The zero-order valence-electron chi connectivity index (χ0n) is 20.0. The minimum Gasteiger partial charge on any atom is -0.372 e. The first-order chi connectivity index (χ1) is 15.9. The van der Waals surface area contributed by atoms with Crippen LogP contribution in [-0.2, 0) is 4.79 Å². The summed E-state index contributed by atoms with van der Waals surface area (Å²) in [6.45, 7) is 8.40. The monoisotopic (exact) mass is 453 g/mol. The lowest BCUT2D eigenvalue weighted by molar-refractivity contribution is -0.128. The van der Waals surface area contributed by atoms with Gasteiger partial charge < -0.3 is 29.8 Å². The molecule has 2 fully saturated rings. The van der Waals surface area contributed by atoms with Gasteiger partial charge in [-0.3, -0.25) is 4.79 Å². The molecule has 0 aromatic rings. The summed E-state index contributed by atoms with van der Waals surface area (Å²) in [5, 5.41) is 3.37. The van der Waals surface area contributed by atoms with Crippen molar-refractivity contribution in [2.75, 3.05) is 73.0 Å². The number of hydrogen-bond donors (Lipinski definition) is 1. The van der Waals surface area contributed by atoms with Crippen molar-refractivity contribution < 1.29 is 9.59 Å². The zero-order chi connectivity index (χ0) is 23.4. The first-order valence-corrected chi connectivity index (χ1v) is 11.7. The van der Waals surface area contributed by atoms with Gasteiger partial charge in [-0.2, -0.15) is 0 Å². The van der Waals surface area contributed by atoms with Gasteiger partial charge in [0.15, 0.2) is 0 Å². The minimum absolute atomic E-state index is 0.0442. The van der Waals surface area contributed by atoms with E-state index in [2.05, 4.69) is 33.2 Å². The number of likely N-dealkylation sites (N-methyl/N-ethyl adjacent to an activating group) is 2. The first kappa shape index (κ1) is 23.1. The van der Waals surface area contributed by atoms with Gasteiger partial charge in [-0.1, -0.05) is 11.6 Å². The largest absolute Gasteiger partial charge is 0.372 e. The highest BCUT2D eigenvalue weighted by Crippen LogP contribution is 2.20. The molecule has 0 saturated carbocycles. The Morgan fingerprint density at radius 3 is 2.21 bits per heavy atom. The molecule has 3 amide bonds. The Balaban J connectivity index is 1.31. The van der Waals surface area contributed by atoms with Crippen molar-refractivity contribution >= 4 is 17.8 Å². The second-order valence-electron chi connectivity index (χ2n) is 9.16. The topological polar surface area (TPSA) is 74.7 Å². The summed E-state index contributed by atoms with van der Waals surface area (Å²) >= 11 is 0. The number of aliphatic imine (C=N–C) groups is 1. The smallest absolute Gasteiger partial charge is 0.320 e. The van der Waals surface area contributed by atoms with Crippen molar-refractivity contribution in [3.05, 3.63) is 47.5 Å². The van der Waals surface area contributed by atoms with E-state index in [0.717, 1.165) is 55.4 Å². The van der Waals surface area contributed by atoms with Gasteiger partial charge in [0.05, 0.1) is 6.54 Å². The average molecular weight is 454 g/mol. The molecule has 0 radical (unpaired) electrons. The predicted molar refractivity (Wildman–Crippen MR) is 129 cm³/mol. The van der Waals surface area contributed by atoms with Crippen LogP contribution in [0.15, 0.2) is 52.5 Å². The number of nitrogens with zero attached hydrogens (tertiary/aromatic N) is 6. The number of amides is 3. The Kier molecular flexibility index (Phi) is 7.17. The summed E-state index contributed by atoms with van der Waals surface area (Å²) in [4.78, 5) is 40.5. The lowest BCUT2D eigenvalue weighted by atomic mass is 10.1. The molecule has 0 aromatic carbocycles. The standard InChI is InChI=1S/C24H35N7O2/c1-19-4-5-20(26-22-18-28(3)9-8-25-22)6-7-21(19)23(32)29-14-16-31(17-15-29)24(33)30-12-10-27(2)11-13-30/h5-9H,4,10-18H2,1-3H3,(H,25,26). The maximum Gasteiger partial charge on any atom is 0.320 e. The van der Waals surface area contributed by atoms with E-state index in [-0.39, 0.29) is 11.9 Å². The van der Waals surface area contributed by atoms with Crippen molar-refractivity contribution in [3.63, 3.8) is 0 Å². The fourth-order valence-corrected chi connectivity index (χ4v) is 4.38. The van der Waals surface area contributed by atoms with Crippen LogP contribution in [0.3, 0.4) is 0 Å². The number of urea groups is 1. The van der Waals surface area contributed by atoms with Crippen LogP contribution < -0.4 is 5.32 Å². The van der Waals surface area contributed by atoms with Crippen molar-refractivity contribution in [2.24, 2.45) is 4.99 Å². The number of rotatable bonds is 2. The van der Waals surface area contributed by atoms with Crippen molar-refractivity contribution in [1.82, 2.24) is 29.8 Å². The normalized spacial score (nSPS) is 22.3. The molecule has 3 heterocycles. The molecule has 1 N–H and O–H groups in total. The summed E-state index contributed by atoms with van der Waals surface area (Å²) in [6, 6.07) is 0.103. The maximum absolute atomic E-state index is 13.3. The Bertz CT molecular complexity index is 917. The number of carbonyl (C=O) groups excluding carboxylic acids is 2. The second kappa shape index (κ2) is 10.2. The van der Waals surface area contributed by atoms with Crippen molar-refractivity contribution in [3.8, 4) is 0 Å². The fraction of sp³-hybridized carbons (Fsp3) is 0.542. The molecular formula is C24H35N7O2. The van der Waals surface area contributed by atoms with Gasteiger partial charge in [-0.05, 0) is 32.5 Å². The van der Waals surface area contributed by atoms with Gasteiger partial charge in [0.25, 0.3) is 5.91 Å². The van der Waals surface area contributed by atoms with Crippen molar-refractivity contribution in [2.45, 2.75) is 13.3 Å². The van der Waals surface area contributed by atoms with Gasteiger partial charge in [-0.25, -0.2) is 9.79 Å². The number of carbonyl (C=O) groups is 2. The summed E-state index contributed by atoms with van der Waals surface area (Å²) in [5.74, 6) is 0.923. The first-order valence-electron chi connectivity index (χ1n) is 11.7. The molecule has 4 rings (SSSR count). The third kappa shape index (κ3) is 5.65. The Labute approximate surface area is 196 Å². The van der Waals surface area contributed by atoms with E-state index in [1.807, 2.05) is 47.0 Å². The van der Waals surface area contributed by atoms with Gasteiger partial charge in [0, 0.05) is 83.1 Å². The molecule has 9 heteroatoms. The molecule has 2 saturated heterocycles. The highest BCUT2D eigenvalue weighted by atomic mass is 16.2. The molecule has 0 bridgehead atoms. The Morgan fingerprint density at radius 1 is 0.909 bits per heavy atom. The van der Waals surface area contributed by atoms with Gasteiger partial charge in [-0.15, -0.1) is 0 Å². The summed E-state index contributed by atoms with van der Waals surface area (Å²) < 4.78 is 0. The highest BCUT2D eigenvalue weighted by Gasteiger charge is 2.29. The van der Waals surface area contributed by atoms with Crippen LogP contribution in [0.4, 0.5) is 4.79 Å². The van der Waals surface area contributed by atoms with Gasteiger partial charge in [0.2, 0.25) is 0 Å². The van der Waals surface area contributed by atoms with E-state index >= 15 is 0 Å². The number of amidine groups is 1. The molecule has 9 nitrogen and oxygen atoms in total. The van der Waals surface area contributed by atoms with Gasteiger partial charge >= 0.3 is 6.03 Å². The van der Waals surface area contributed by atoms with Crippen LogP contribution in [0.5, 0.6) is 0 Å². The van der Waals surface area contributed by atoms with Gasteiger partial charge in [0.1, 0.15) is 5.84 Å².